The SMILES string of the molecule is CC[C@]1(O)CC[C@@]2(C)[C@@H](CC[C@@H]3[C@@H]2CC[C@]2(C)[C@@H]([C@H](C)CCC(O)c4ccccn4)CC[C@@H]32)C1. The van der Waals surface area contributed by atoms with Gasteiger partial charge in [-0.3, -0.25) is 4.98 Å². The molecular weight excluding hydrogens is 418 g/mol. The Hall–Kier alpha value is -0.930. The summed E-state index contributed by atoms with van der Waals surface area (Å²) < 4.78 is 0. The van der Waals surface area contributed by atoms with E-state index in [4.69, 9.17) is 0 Å². The van der Waals surface area contributed by atoms with Gasteiger partial charge in [-0.1, -0.05) is 33.8 Å². The fourth-order valence-electron chi connectivity index (χ4n) is 9.96. The third-order valence-electron chi connectivity index (χ3n) is 12.2. The zero-order valence-corrected chi connectivity index (χ0v) is 22.2. The molecule has 3 heteroatoms. The van der Waals surface area contributed by atoms with Crippen molar-refractivity contribution in [3.63, 3.8) is 0 Å². The van der Waals surface area contributed by atoms with Crippen LogP contribution < -0.4 is 0 Å². The number of aliphatic hydroxyl groups is 2. The second-order valence-corrected chi connectivity index (χ2v) is 13.5. The number of hydrogen-bond donors (Lipinski definition) is 2. The number of aliphatic hydroxyl groups excluding tert-OH is 1. The Bertz CT molecular complexity index is 843. The summed E-state index contributed by atoms with van der Waals surface area (Å²) in [7, 11) is 0. The summed E-state index contributed by atoms with van der Waals surface area (Å²) in [6, 6.07) is 5.84. The maximum atomic E-state index is 11.1. The van der Waals surface area contributed by atoms with Crippen LogP contribution in [0.3, 0.4) is 0 Å². The van der Waals surface area contributed by atoms with Gasteiger partial charge in [0.25, 0.3) is 0 Å². The molecule has 5 rings (SSSR count). The summed E-state index contributed by atoms with van der Waals surface area (Å²) in [6.07, 6.45) is 15.8. The minimum absolute atomic E-state index is 0.395. The van der Waals surface area contributed by atoms with E-state index in [1.807, 2.05) is 18.2 Å². The van der Waals surface area contributed by atoms with Crippen molar-refractivity contribution < 1.29 is 10.2 Å². The molecule has 2 N–H and O–H groups in total. The first-order valence-corrected chi connectivity index (χ1v) is 14.5. The second kappa shape index (κ2) is 9.18. The summed E-state index contributed by atoms with van der Waals surface area (Å²) in [6.45, 7) is 9.89. The maximum Gasteiger partial charge on any atom is 0.0959 e. The fourth-order valence-corrected chi connectivity index (χ4v) is 9.96. The highest BCUT2D eigenvalue weighted by molar-refractivity contribution is 5.11. The van der Waals surface area contributed by atoms with E-state index in [1.165, 1.54) is 44.9 Å². The van der Waals surface area contributed by atoms with Crippen LogP contribution in [0.25, 0.3) is 0 Å². The molecule has 0 saturated heterocycles. The lowest BCUT2D eigenvalue weighted by Gasteiger charge is -2.62. The van der Waals surface area contributed by atoms with Crippen molar-refractivity contribution in [1.29, 1.82) is 0 Å². The van der Waals surface area contributed by atoms with Crippen molar-refractivity contribution in [2.75, 3.05) is 0 Å². The molecule has 0 aromatic carbocycles. The van der Waals surface area contributed by atoms with E-state index < -0.39 is 11.7 Å². The molecule has 0 radical (unpaired) electrons. The Balaban J connectivity index is 1.25. The van der Waals surface area contributed by atoms with Crippen molar-refractivity contribution in [2.45, 2.75) is 116 Å². The zero-order valence-electron chi connectivity index (χ0n) is 22.2. The summed E-state index contributed by atoms with van der Waals surface area (Å²) in [4.78, 5) is 4.37. The van der Waals surface area contributed by atoms with E-state index in [-0.39, 0.29) is 0 Å². The maximum absolute atomic E-state index is 11.1. The smallest absolute Gasteiger partial charge is 0.0959 e. The molecule has 0 amide bonds. The Morgan fingerprint density at radius 2 is 1.76 bits per heavy atom. The molecular formula is C31H49NO2. The van der Waals surface area contributed by atoms with Crippen LogP contribution in [0.2, 0.25) is 0 Å². The van der Waals surface area contributed by atoms with Gasteiger partial charge in [0.05, 0.1) is 17.4 Å². The summed E-state index contributed by atoms with van der Waals surface area (Å²) in [5.74, 6) is 4.81. The normalized spacial score (nSPS) is 45.6. The van der Waals surface area contributed by atoms with Crippen LogP contribution in [0, 0.1) is 46.3 Å². The van der Waals surface area contributed by atoms with Gasteiger partial charge >= 0.3 is 0 Å². The van der Waals surface area contributed by atoms with Gasteiger partial charge in [0.2, 0.25) is 0 Å². The molecule has 0 spiro atoms. The second-order valence-electron chi connectivity index (χ2n) is 13.5. The number of rotatable bonds is 6. The van der Waals surface area contributed by atoms with Crippen molar-refractivity contribution in [3.05, 3.63) is 30.1 Å². The lowest BCUT2D eigenvalue weighted by atomic mass is 9.43. The van der Waals surface area contributed by atoms with Crippen LogP contribution in [0.15, 0.2) is 24.4 Å². The molecule has 4 aliphatic rings. The van der Waals surface area contributed by atoms with E-state index in [2.05, 4.69) is 32.7 Å². The predicted molar refractivity (Wildman–Crippen MR) is 138 cm³/mol. The van der Waals surface area contributed by atoms with Crippen molar-refractivity contribution in [3.8, 4) is 0 Å². The monoisotopic (exact) mass is 467 g/mol. The number of pyridine rings is 1. The molecule has 1 aromatic rings. The molecule has 1 unspecified atom stereocenters. The Kier molecular flexibility index (Phi) is 6.68. The summed E-state index contributed by atoms with van der Waals surface area (Å²) in [5.41, 5.74) is 1.34. The Morgan fingerprint density at radius 1 is 0.971 bits per heavy atom. The first kappa shape index (κ1) is 24.8. The van der Waals surface area contributed by atoms with Crippen LogP contribution >= 0.6 is 0 Å². The van der Waals surface area contributed by atoms with E-state index in [0.29, 0.717) is 16.7 Å². The fraction of sp³-hybridized carbons (Fsp3) is 0.839. The zero-order chi connectivity index (χ0) is 24.1. The molecule has 1 aromatic heterocycles. The number of nitrogens with zero attached hydrogens (tertiary/aromatic N) is 1. The molecule has 4 fully saturated rings. The molecule has 1 heterocycles. The van der Waals surface area contributed by atoms with E-state index in [0.717, 1.165) is 67.4 Å². The first-order valence-electron chi connectivity index (χ1n) is 14.5. The molecule has 4 aliphatic carbocycles. The molecule has 3 nitrogen and oxygen atoms in total. The van der Waals surface area contributed by atoms with Gasteiger partial charge in [-0.2, -0.15) is 0 Å². The molecule has 4 saturated carbocycles. The van der Waals surface area contributed by atoms with Crippen LogP contribution in [-0.4, -0.2) is 20.8 Å². The van der Waals surface area contributed by atoms with E-state index in [9.17, 15) is 10.2 Å². The Labute approximate surface area is 208 Å². The van der Waals surface area contributed by atoms with Crippen LogP contribution in [0.5, 0.6) is 0 Å². The minimum Gasteiger partial charge on any atom is -0.390 e. The summed E-state index contributed by atoms with van der Waals surface area (Å²) in [5, 5.41) is 21.7. The third-order valence-corrected chi connectivity index (χ3v) is 12.2. The molecule has 10 atom stereocenters. The first-order chi connectivity index (χ1) is 16.2. The van der Waals surface area contributed by atoms with Gasteiger partial charge < -0.3 is 10.2 Å². The van der Waals surface area contributed by atoms with Gasteiger partial charge in [-0.25, -0.2) is 0 Å². The molecule has 190 valence electrons. The van der Waals surface area contributed by atoms with Gasteiger partial charge in [-0.15, -0.1) is 0 Å². The van der Waals surface area contributed by atoms with Crippen LogP contribution in [-0.2, 0) is 0 Å². The average molecular weight is 468 g/mol. The van der Waals surface area contributed by atoms with Crippen molar-refractivity contribution in [2.24, 2.45) is 46.3 Å². The highest BCUT2D eigenvalue weighted by Crippen LogP contribution is 2.69. The lowest BCUT2D eigenvalue weighted by Crippen LogP contribution is -2.56. The standard InChI is InChI=1S/C31H49NO2/c1-5-31(34)18-17-29(3)22(20-31)10-11-23-25-13-12-24(30(25,4)16-15-26(23)29)21(2)9-14-28(33)27-8-6-7-19-32-27/h6-8,19,21-26,28,33-34H,5,9-18,20H2,1-4H3/t21-,22+,23+,24-,25+,26+,28?,29+,30-,31+/m1/s1. The topological polar surface area (TPSA) is 53.4 Å². The minimum atomic E-state index is -0.437. The van der Waals surface area contributed by atoms with Gasteiger partial charge in [0.15, 0.2) is 0 Å². The number of fused-ring (bicyclic) bond motifs is 5. The summed E-state index contributed by atoms with van der Waals surface area (Å²) >= 11 is 0. The third kappa shape index (κ3) is 4.07. The number of aromatic nitrogens is 1. The average Bonchev–Trinajstić information content (AvgIpc) is 3.20. The van der Waals surface area contributed by atoms with Gasteiger partial charge in [0.1, 0.15) is 0 Å². The lowest BCUT2D eigenvalue weighted by molar-refractivity contribution is -0.152. The van der Waals surface area contributed by atoms with Crippen molar-refractivity contribution >= 4 is 0 Å². The van der Waals surface area contributed by atoms with Gasteiger partial charge in [-0.05, 0) is 136 Å². The highest BCUT2D eigenvalue weighted by atomic mass is 16.3. The molecule has 0 aliphatic heterocycles. The van der Waals surface area contributed by atoms with E-state index >= 15 is 0 Å². The van der Waals surface area contributed by atoms with Gasteiger partial charge in [0, 0.05) is 6.20 Å². The largest absolute Gasteiger partial charge is 0.390 e. The van der Waals surface area contributed by atoms with E-state index in [1.54, 1.807) is 6.20 Å². The van der Waals surface area contributed by atoms with Crippen molar-refractivity contribution in [1.82, 2.24) is 4.98 Å². The molecule has 34 heavy (non-hydrogen) atoms. The number of hydrogen-bond acceptors (Lipinski definition) is 3. The Morgan fingerprint density at radius 3 is 2.50 bits per heavy atom. The quantitative estimate of drug-likeness (QED) is 0.460. The molecule has 0 bridgehead atoms. The highest BCUT2D eigenvalue weighted by Gasteiger charge is 2.61. The van der Waals surface area contributed by atoms with Crippen LogP contribution in [0.1, 0.15) is 117 Å². The van der Waals surface area contributed by atoms with Crippen LogP contribution in [0.4, 0.5) is 0 Å². The predicted octanol–water partition coefficient (Wildman–Crippen LogP) is 7.33.